The number of fused-ring (bicyclic) bond motifs is 1. The Morgan fingerprint density at radius 1 is 1.19 bits per heavy atom. The molecule has 0 saturated heterocycles. The maximum Gasteiger partial charge on any atom is 0.101 e. The smallest absolute Gasteiger partial charge is 0.101 e. The number of nitriles is 1. The van der Waals surface area contributed by atoms with Gasteiger partial charge in [-0.3, -0.25) is 4.68 Å². The molecule has 0 radical (unpaired) electrons. The zero-order valence-electron chi connectivity index (χ0n) is 14.2. The van der Waals surface area contributed by atoms with E-state index in [1.807, 2.05) is 47.5 Å². The van der Waals surface area contributed by atoms with Crippen LogP contribution in [0.15, 0.2) is 61.1 Å². The van der Waals surface area contributed by atoms with E-state index in [1.54, 1.807) is 12.1 Å². The molecule has 4 rings (SSSR count). The van der Waals surface area contributed by atoms with Crippen LogP contribution in [-0.4, -0.2) is 19.3 Å². The Balaban J connectivity index is 1.57. The van der Waals surface area contributed by atoms with Gasteiger partial charge in [0.25, 0.3) is 0 Å². The minimum absolute atomic E-state index is 0.208. The molecule has 4 aromatic rings. The van der Waals surface area contributed by atoms with E-state index in [0.29, 0.717) is 10.6 Å². The zero-order chi connectivity index (χ0) is 18.1. The summed E-state index contributed by atoms with van der Waals surface area (Å²) in [5.41, 5.74) is 4.31. The first kappa shape index (κ1) is 16.4. The van der Waals surface area contributed by atoms with Gasteiger partial charge < -0.3 is 4.57 Å². The normalized spacial score (nSPS) is 12.2. The fraction of sp³-hybridized carbons (Fsp3) is 0.150. The molecule has 6 heteroatoms. The van der Waals surface area contributed by atoms with Gasteiger partial charge in [-0.15, -0.1) is 0 Å². The number of aromatic nitrogens is 4. The maximum absolute atomic E-state index is 8.99. The molecule has 0 bridgehead atoms. The summed E-state index contributed by atoms with van der Waals surface area (Å²) in [7, 11) is 0. The molecule has 0 spiro atoms. The highest BCUT2D eigenvalue weighted by Crippen LogP contribution is 2.25. The molecule has 0 unspecified atom stereocenters. The van der Waals surface area contributed by atoms with Crippen molar-refractivity contribution in [1.29, 1.82) is 5.26 Å². The van der Waals surface area contributed by atoms with Gasteiger partial charge in [0, 0.05) is 11.8 Å². The Morgan fingerprint density at radius 2 is 2.04 bits per heavy atom. The van der Waals surface area contributed by atoms with E-state index in [1.165, 1.54) is 0 Å². The number of hydrogen-bond donors (Lipinski definition) is 0. The SMILES string of the molecule is C[C@@H](Cn1ccc(-c2ccc(C#N)c(Cl)c2)n1)n1cnc2ccccc21. The van der Waals surface area contributed by atoms with Crippen LogP contribution in [0.1, 0.15) is 18.5 Å². The first-order chi connectivity index (χ1) is 12.7. The van der Waals surface area contributed by atoms with Crippen LogP contribution in [0.4, 0.5) is 0 Å². The zero-order valence-corrected chi connectivity index (χ0v) is 14.9. The molecule has 2 heterocycles. The van der Waals surface area contributed by atoms with Crippen molar-refractivity contribution in [2.24, 2.45) is 0 Å². The van der Waals surface area contributed by atoms with Crippen LogP contribution in [0, 0.1) is 11.3 Å². The summed E-state index contributed by atoms with van der Waals surface area (Å²) in [6.07, 6.45) is 3.83. The number of rotatable bonds is 4. The van der Waals surface area contributed by atoms with E-state index in [4.69, 9.17) is 16.9 Å². The maximum atomic E-state index is 8.99. The fourth-order valence-electron chi connectivity index (χ4n) is 3.07. The second-order valence-electron chi connectivity index (χ2n) is 6.22. The van der Waals surface area contributed by atoms with Crippen LogP contribution >= 0.6 is 11.6 Å². The number of nitrogens with zero attached hydrogens (tertiary/aromatic N) is 5. The molecule has 1 atom stereocenters. The number of para-hydroxylation sites is 2. The molecule has 2 aromatic heterocycles. The van der Waals surface area contributed by atoms with Crippen molar-refractivity contribution in [2.45, 2.75) is 19.5 Å². The Hall–Kier alpha value is -3.10. The number of imidazole rings is 1. The van der Waals surface area contributed by atoms with Crippen molar-refractivity contribution < 1.29 is 0 Å². The van der Waals surface area contributed by atoms with Gasteiger partial charge in [-0.2, -0.15) is 10.4 Å². The summed E-state index contributed by atoms with van der Waals surface area (Å²) in [4.78, 5) is 4.45. The minimum atomic E-state index is 0.208. The van der Waals surface area contributed by atoms with Crippen LogP contribution in [-0.2, 0) is 6.54 Å². The topological polar surface area (TPSA) is 59.4 Å². The first-order valence-electron chi connectivity index (χ1n) is 8.31. The molecule has 0 N–H and O–H groups in total. The van der Waals surface area contributed by atoms with Crippen molar-refractivity contribution in [3.05, 3.63) is 71.6 Å². The minimum Gasteiger partial charge on any atom is -0.326 e. The van der Waals surface area contributed by atoms with Gasteiger partial charge in [0.15, 0.2) is 0 Å². The Morgan fingerprint density at radius 3 is 2.85 bits per heavy atom. The summed E-state index contributed by atoms with van der Waals surface area (Å²) >= 11 is 6.13. The standard InChI is InChI=1S/C20H16ClN5/c1-14(26-13-23-19-4-2-3-5-20(19)26)12-25-9-8-18(24-25)15-6-7-16(11-22)17(21)10-15/h2-10,13-14H,12H2,1H3/t14-/m0/s1. The van der Waals surface area contributed by atoms with E-state index in [9.17, 15) is 0 Å². The third-order valence-corrected chi connectivity index (χ3v) is 4.75. The molecular weight excluding hydrogens is 346 g/mol. The van der Waals surface area contributed by atoms with Crippen molar-refractivity contribution in [2.75, 3.05) is 0 Å². The summed E-state index contributed by atoms with van der Waals surface area (Å²) in [6.45, 7) is 2.87. The number of halogens is 1. The molecule has 0 saturated carbocycles. The van der Waals surface area contributed by atoms with E-state index < -0.39 is 0 Å². The van der Waals surface area contributed by atoms with E-state index >= 15 is 0 Å². The Kier molecular flexibility index (Phi) is 4.19. The van der Waals surface area contributed by atoms with Gasteiger partial charge >= 0.3 is 0 Å². The molecule has 2 aromatic carbocycles. The van der Waals surface area contributed by atoms with Gasteiger partial charge in [0.2, 0.25) is 0 Å². The molecule has 0 aliphatic rings. The highest BCUT2D eigenvalue weighted by atomic mass is 35.5. The lowest BCUT2D eigenvalue weighted by Crippen LogP contribution is -2.12. The van der Waals surface area contributed by atoms with E-state index in [2.05, 4.69) is 33.7 Å². The molecule has 0 amide bonds. The largest absolute Gasteiger partial charge is 0.326 e. The van der Waals surface area contributed by atoms with Gasteiger partial charge in [-0.05, 0) is 37.3 Å². The molecule has 0 fully saturated rings. The van der Waals surface area contributed by atoms with Crippen LogP contribution < -0.4 is 0 Å². The second kappa shape index (κ2) is 6.66. The summed E-state index contributed by atoms with van der Waals surface area (Å²) < 4.78 is 4.08. The Bertz CT molecular complexity index is 1120. The summed E-state index contributed by atoms with van der Waals surface area (Å²) in [5.74, 6) is 0. The van der Waals surface area contributed by atoms with E-state index in [0.717, 1.165) is 28.8 Å². The van der Waals surface area contributed by atoms with Gasteiger partial charge in [-0.1, -0.05) is 29.8 Å². The number of hydrogen-bond acceptors (Lipinski definition) is 3. The molecular formula is C20H16ClN5. The van der Waals surface area contributed by atoms with Gasteiger partial charge in [-0.25, -0.2) is 4.98 Å². The van der Waals surface area contributed by atoms with Crippen LogP contribution in [0.5, 0.6) is 0 Å². The van der Waals surface area contributed by atoms with E-state index in [-0.39, 0.29) is 6.04 Å². The first-order valence-corrected chi connectivity index (χ1v) is 8.68. The summed E-state index contributed by atoms with van der Waals surface area (Å²) in [5, 5.41) is 14.1. The fourth-order valence-corrected chi connectivity index (χ4v) is 3.29. The van der Waals surface area contributed by atoms with Crippen LogP contribution in [0.3, 0.4) is 0 Å². The molecule has 0 aliphatic carbocycles. The summed E-state index contributed by atoms with van der Waals surface area (Å²) in [6, 6.07) is 17.7. The second-order valence-corrected chi connectivity index (χ2v) is 6.63. The lowest BCUT2D eigenvalue weighted by atomic mass is 10.1. The van der Waals surface area contributed by atoms with Crippen molar-refractivity contribution in [1.82, 2.24) is 19.3 Å². The average Bonchev–Trinajstić information content (AvgIpc) is 3.28. The predicted octanol–water partition coefficient (Wildman–Crippen LogP) is 4.69. The average molecular weight is 362 g/mol. The molecule has 0 aliphatic heterocycles. The molecule has 128 valence electrons. The van der Waals surface area contributed by atoms with Crippen LogP contribution in [0.25, 0.3) is 22.3 Å². The molecule has 26 heavy (non-hydrogen) atoms. The lowest BCUT2D eigenvalue weighted by Gasteiger charge is -2.14. The lowest BCUT2D eigenvalue weighted by molar-refractivity contribution is 0.446. The number of benzene rings is 2. The third kappa shape index (κ3) is 2.96. The van der Waals surface area contributed by atoms with Crippen molar-refractivity contribution in [3.8, 4) is 17.3 Å². The van der Waals surface area contributed by atoms with Gasteiger partial charge in [0.05, 0.1) is 46.2 Å². The quantitative estimate of drug-likeness (QED) is 0.530. The highest BCUT2D eigenvalue weighted by Gasteiger charge is 2.11. The predicted molar refractivity (Wildman–Crippen MR) is 102 cm³/mol. The van der Waals surface area contributed by atoms with Gasteiger partial charge in [0.1, 0.15) is 6.07 Å². The third-order valence-electron chi connectivity index (χ3n) is 4.43. The Labute approximate surface area is 156 Å². The molecule has 5 nitrogen and oxygen atoms in total. The highest BCUT2D eigenvalue weighted by molar-refractivity contribution is 6.32. The van der Waals surface area contributed by atoms with Crippen molar-refractivity contribution >= 4 is 22.6 Å². The van der Waals surface area contributed by atoms with Crippen LogP contribution in [0.2, 0.25) is 5.02 Å². The van der Waals surface area contributed by atoms with Crippen molar-refractivity contribution in [3.63, 3.8) is 0 Å². The monoisotopic (exact) mass is 361 g/mol.